The number of hydrogen-bond acceptors (Lipinski definition) is 4. The molecule has 4 rings (SSSR count). The summed E-state index contributed by atoms with van der Waals surface area (Å²) in [7, 11) is 0. The van der Waals surface area contributed by atoms with Crippen molar-refractivity contribution in [3.8, 4) is 0 Å². The lowest BCUT2D eigenvalue weighted by Gasteiger charge is -2.07. The molecule has 0 saturated heterocycles. The summed E-state index contributed by atoms with van der Waals surface area (Å²) in [5, 5.41) is 2.20. The maximum Gasteiger partial charge on any atom is 0.591 e. The highest BCUT2D eigenvalue weighted by Gasteiger charge is 2.09. The Morgan fingerprint density at radius 2 is 1.23 bits per heavy atom. The van der Waals surface area contributed by atoms with Crippen LogP contribution in [0.4, 0.5) is 33.7 Å². The van der Waals surface area contributed by atoms with E-state index in [2.05, 4.69) is 10.1 Å². The van der Waals surface area contributed by atoms with Crippen LogP contribution < -0.4 is 11.1 Å². The number of nitrogens with two attached hydrogens (primary N) is 1. The van der Waals surface area contributed by atoms with E-state index in [0.29, 0.717) is 12.7 Å². The van der Waals surface area contributed by atoms with E-state index >= 15 is 0 Å². The molecule has 0 atom stereocenters. The zero-order valence-corrected chi connectivity index (χ0v) is 21.0. The maximum absolute atomic E-state index is 13.3. The van der Waals surface area contributed by atoms with E-state index < -0.39 is 34.8 Å². The molecule has 6 nitrogen and oxygen atoms in total. The van der Waals surface area contributed by atoms with Crippen molar-refractivity contribution in [2.75, 3.05) is 11.1 Å². The zero-order chi connectivity index (χ0) is 28.6. The number of carbonyl (C=O) groups excluding carboxylic acids is 2. The van der Waals surface area contributed by atoms with Crippen molar-refractivity contribution in [3.63, 3.8) is 0 Å². The van der Waals surface area contributed by atoms with Gasteiger partial charge >= 0.3 is 11.5 Å². The molecule has 1 amide bonds. The number of hydrogen-bond donors (Lipinski definition) is 2. The molecule has 0 heterocycles. The van der Waals surface area contributed by atoms with E-state index in [1.165, 1.54) is 6.07 Å². The number of amides is 1. The predicted octanol–water partition coefficient (Wildman–Crippen LogP) is 7.16. The third kappa shape index (κ3) is 12.5. The number of nitrogens with one attached hydrogen (secondary N) is 1. The fourth-order valence-corrected chi connectivity index (χ4v) is 2.73. The first kappa shape index (κ1) is 30.7. The molecular weight excluding hydrogens is 540 g/mol. The largest absolute Gasteiger partial charge is 0.591 e. The minimum absolute atomic E-state index is 0.0311. The molecule has 0 spiro atoms. The lowest BCUT2D eigenvalue weighted by molar-refractivity contribution is 0.155. The summed E-state index contributed by atoms with van der Waals surface area (Å²) in [5.74, 6) is -2.88. The summed E-state index contributed by atoms with van der Waals surface area (Å²) in [5.41, 5.74) is 6.16. The van der Waals surface area contributed by atoms with Gasteiger partial charge in [-0.25, -0.2) is 22.4 Å². The molecular formula is C28H24ClF4N2O4+. The molecule has 204 valence electrons. The first-order valence-corrected chi connectivity index (χ1v) is 11.5. The molecule has 0 aliphatic rings. The second kappa shape index (κ2) is 16.3. The molecule has 0 aromatic heterocycles. The Kier molecular flexibility index (Phi) is 12.8. The minimum Gasteiger partial charge on any atom is -0.444 e. The van der Waals surface area contributed by atoms with Gasteiger partial charge in [0.25, 0.3) is 0 Å². The Morgan fingerprint density at radius 1 is 0.744 bits per heavy atom. The normalized spacial score (nSPS) is 9.67. The van der Waals surface area contributed by atoms with Crippen LogP contribution in [0.2, 0.25) is 0 Å². The maximum atomic E-state index is 13.3. The molecule has 11 heteroatoms. The lowest BCUT2D eigenvalue weighted by Crippen LogP contribution is -2.14. The van der Waals surface area contributed by atoms with Crippen LogP contribution in [-0.4, -0.2) is 16.3 Å². The van der Waals surface area contributed by atoms with Gasteiger partial charge in [0.1, 0.15) is 29.9 Å². The summed E-state index contributed by atoms with van der Waals surface area (Å²) in [6.45, 7) is 0.381. The van der Waals surface area contributed by atoms with Gasteiger partial charge in [0, 0.05) is 17.7 Å². The molecule has 0 aliphatic heterocycles. The third-order valence-corrected chi connectivity index (χ3v) is 4.65. The topological polar surface area (TPSA) is 95.0 Å². The average molecular weight is 564 g/mol. The minimum atomic E-state index is -0.850. The average Bonchev–Trinajstić information content (AvgIpc) is 2.92. The quantitative estimate of drug-likeness (QED) is 0.116. The zero-order valence-electron chi connectivity index (χ0n) is 20.3. The molecule has 0 aliphatic carbocycles. The summed E-state index contributed by atoms with van der Waals surface area (Å²) in [6, 6.07) is 24.5. The van der Waals surface area contributed by atoms with Crippen molar-refractivity contribution in [2.24, 2.45) is 0 Å². The Bertz CT molecular complexity index is 1350. The Balaban J connectivity index is 0.000000226. The molecule has 0 unspecified atom stereocenters. The number of rotatable bonds is 5. The lowest BCUT2D eigenvalue weighted by atomic mass is 10.2. The van der Waals surface area contributed by atoms with Gasteiger partial charge in [-0.15, -0.1) is 0 Å². The van der Waals surface area contributed by atoms with Crippen LogP contribution in [0.15, 0.2) is 97.1 Å². The highest BCUT2D eigenvalue weighted by molar-refractivity contribution is 6.61. The number of benzene rings is 4. The standard InChI is InChI=1S/C14H11F2NO2.C8H7ClO2.C6H5F2N/c15-11-6-7-13(12(16)8-11)17-14(18)19-9-10-4-2-1-3-5-10;9-8(10)11-6-7-4-2-1-3-5-7;7-4-1-2-6(9)5(8)3-4/h1-8H,9H2,(H,17,18);1-5H,6H2;1-3H,9H2/p+1. The first-order valence-electron chi connectivity index (χ1n) is 11.2. The van der Waals surface area contributed by atoms with Crippen LogP contribution in [-0.2, 0) is 22.7 Å². The smallest absolute Gasteiger partial charge is 0.444 e. The van der Waals surface area contributed by atoms with Gasteiger partial charge in [-0.05, 0) is 29.8 Å². The fraction of sp³-hybridized carbons (Fsp3) is 0.0714. The van der Waals surface area contributed by atoms with Crippen LogP contribution in [0.25, 0.3) is 0 Å². The fourth-order valence-electron chi connectivity index (χ4n) is 2.68. The molecule has 4 aromatic rings. The number of ether oxygens (including phenoxy) is 2. The van der Waals surface area contributed by atoms with E-state index in [4.69, 9.17) is 26.9 Å². The van der Waals surface area contributed by atoms with Gasteiger partial charge in [-0.3, -0.25) is 5.32 Å². The number of anilines is 2. The molecule has 0 saturated carbocycles. The summed E-state index contributed by atoms with van der Waals surface area (Å²) >= 11 is 5.08. The van der Waals surface area contributed by atoms with Crippen molar-refractivity contribution in [1.82, 2.24) is 0 Å². The number of nitrogen functional groups attached to an aromatic ring is 1. The first-order chi connectivity index (χ1) is 18.6. The molecule has 0 radical (unpaired) electrons. The highest BCUT2D eigenvalue weighted by atomic mass is 35.5. The van der Waals surface area contributed by atoms with Crippen molar-refractivity contribution in [2.45, 2.75) is 13.2 Å². The van der Waals surface area contributed by atoms with Crippen LogP contribution in [0.3, 0.4) is 0 Å². The molecule has 4 N–H and O–H groups in total. The number of halogens is 5. The summed E-state index contributed by atoms with van der Waals surface area (Å²) in [4.78, 5) is 19.9. The van der Waals surface area contributed by atoms with Crippen molar-refractivity contribution in [1.29, 1.82) is 0 Å². The van der Waals surface area contributed by atoms with Gasteiger partial charge in [-0.1, -0.05) is 60.7 Å². The van der Waals surface area contributed by atoms with Gasteiger partial charge in [-0.2, -0.15) is 0 Å². The van der Waals surface area contributed by atoms with Crippen molar-refractivity contribution >= 4 is 34.5 Å². The Hall–Kier alpha value is -4.57. The monoisotopic (exact) mass is 563 g/mol. The van der Waals surface area contributed by atoms with Crippen molar-refractivity contribution < 1.29 is 36.6 Å². The van der Waals surface area contributed by atoms with Gasteiger partial charge in [0.05, 0.1) is 23.0 Å². The Labute approximate surface area is 226 Å². The summed E-state index contributed by atoms with van der Waals surface area (Å²) in [6.07, 6.45) is -0.797. The van der Waals surface area contributed by atoms with E-state index in [1.54, 1.807) is 12.1 Å². The third-order valence-electron chi connectivity index (χ3n) is 4.54. The van der Waals surface area contributed by atoms with Crippen LogP contribution in [0.1, 0.15) is 11.1 Å². The van der Waals surface area contributed by atoms with Crippen LogP contribution in [0, 0.1) is 23.3 Å². The van der Waals surface area contributed by atoms with Crippen molar-refractivity contribution in [3.05, 3.63) is 131 Å². The SMILES string of the molecule is Nc1ccc(F)cc1F.O=C(Nc1ccc(F)cc1F)OCc1ccccc1.[OH+]=C(Cl)OCc1ccccc1. The predicted molar refractivity (Wildman–Crippen MR) is 141 cm³/mol. The molecule has 0 fully saturated rings. The highest BCUT2D eigenvalue weighted by Crippen LogP contribution is 2.15. The van der Waals surface area contributed by atoms with Gasteiger partial charge in [0.15, 0.2) is 0 Å². The van der Waals surface area contributed by atoms with Crippen LogP contribution in [0.5, 0.6) is 0 Å². The molecule has 0 bridgehead atoms. The van der Waals surface area contributed by atoms with Gasteiger partial charge < -0.3 is 20.0 Å². The second-order valence-electron chi connectivity index (χ2n) is 7.50. The van der Waals surface area contributed by atoms with Crippen LogP contribution >= 0.6 is 11.6 Å². The van der Waals surface area contributed by atoms with Gasteiger partial charge in [0.2, 0.25) is 6.61 Å². The van der Waals surface area contributed by atoms with E-state index in [9.17, 15) is 22.4 Å². The Morgan fingerprint density at radius 3 is 1.69 bits per heavy atom. The van der Waals surface area contributed by atoms with E-state index in [1.807, 2.05) is 48.5 Å². The van der Waals surface area contributed by atoms with E-state index in [0.717, 1.165) is 35.4 Å². The molecule has 4 aromatic carbocycles. The molecule has 39 heavy (non-hydrogen) atoms. The van der Waals surface area contributed by atoms with E-state index in [-0.39, 0.29) is 18.0 Å². The summed E-state index contributed by atoms with van der Waals surface area (Å²) < 4.78 is 59.8. The number of carbonyl (C=O) groups is 1. The second-order valence-corrected chi connectivity index (χ2v) is 7.83.